The number of rotatable bonds is 10. The molecule has 0 fully saturated rings. The molecule has 0 aliphatic heterocycles. The van der Waals surface area contributed by atoms with Crippen LogP contribution in [0.5, 0.6) is 17.2 Å². The van der Waals surface area contributed by atoms with Crippen molar-refractivity contribution in [1.29, 1.82) is 0 Å². The summed E-state index contributed by atoms with van der Waals surface area (Å²) in [7, 11) is 4.85. The second-order valence-corrected chi connectivity index (χ2v) is 5.74. The third kappa shape index (κ3) is 5.97. The van der Waals surface area contributed by atoms with Crippen LogP contribution >= 0.6 is 0 Å². The highest BCUT2D eigenvalue weighted by Gasteiger charge is 2.05. The van der Waals surface area contributed by atoms with Crippen LogP contribution in [0.4, 0.5) is 0 Å². The summed E-state index contributed by atoms with van der Waals surface area (Å²) in [4.78, 5) is 11.9. The molecule has 6 nitrogen and oxygen atoms in total. The Labute approximate surface area is 154 Å². The second kappa shape index (κ2) is 10.3. The minimum Gasteiger partial charge on any atom is -0.497 e. The molecule has 2 aromatic rings. The molecule has 0 unspecified atom stereocenters. The van der Waals surface area contributed by atoms with Crippen LogP contribution in [0.3, 0.4) is 0 Å². The molecule has 0 aliphatic rings. The Morgan fingerprint density at radius 3 is 2.23 bits per heavy atom. The number of hydrogen-bond donors (Lipinski definition) is 2. The first kappa shape index (κ1) is 19.6. The molecule has 2 aromatic carbocycles. The van der Waals surface area contributed by atoms with Crippen molar-refractivity contribution < 1.29 is 19.0 Å². The van der Waals surface area contributed by atoms with E-state index in [2.05, 4.69) is 10.6 Å². The highest BCUT2D eigenvalue weighted by Crippen LogP contribution is 2.27. The third-order valence-corrected chi connectivity index (χ3v) is 3.96. The molecule has 0 heterocycles. The number of benzene rings is 2. The third-order valence-electron chi connectivity index (χ3n) is 3.96. The van der Waals surface area contributed by atoms with Crippen molar-refractivity contribution in [2.75, 3.05) is 34.4 Å². The van der Waals surface area contributed by atoms with Gasteiger partial charge < -0.3 is 24.8 Å². The smallest absolute Gasteiger partial charge is 0.233 e. The van der Waals surface area contributed by atoms with Crippen LogP contribution in [-0.2, 0) is 17.8 Å². The van der Waals surface area contributed by atoms with Crippen LogP contribution in [0.1, 0.15) is 11.1 Å². The fourth-order valence-corrected chi connectivity index (χ4v) is 2.51. The van der Waals surface area contributed by atoms with Gasteiger partial charge in [0.25, 0.3) is 0 Å². The van der Waals surface area contributed by atoms with Crippen LogP contribution in [0.2, 0.25) is 0 Å². The van der Waals surface area contributed by atoms with Gasteiger partial charge in [0.05, 0.1) is 27.9 Å². The van der Waals surface area contributed by atoms with Gasteiger partial charge in [0.15, 0.2) is 11.5 Å². The van der Waals surface area contributed by atoms with Gasteiger partial charge in [-0.15, -0.1) is 0 Å². The van der Waals surface area contributed by atoms with Gasteiger partial charge in [0.1, 0.15) is 5.75 Å². The minimum atomic E-state index is -0.0287. The Hall–Kier alpha value is -2.73. The van der Waals surface area contributed by atoms with Gasteiger partial charge in [-0.2, -0.15) is 0 Å². The highest BCUT2D eigenvalue weighted by molar-refractivity contribution is 5.77. The molecule has 0 radical (unpaired) electrons. The molecular formula is C20H26N2O4. The molecule has 0 saturated heterocycles. The Kier molecular flexibility index (Phi) is 7.76. The lowest BCUT2D eigenvalue weighted by molar-refractivity contribution is -0.120. The van der Waals surface area contributed by atoms with Crippen molar-refractivity contribution in [3.63, 3.8) is 0 Å². The van der Waals surface area contributed by atoms with Crippen LogP contribution in [0.25, 0.3) is 0 Å². The second-order valence-electron chi connectivity index (χ2n) is 5.74. The first-order chi connectivity index (χ1) is 12.7. The predicted molar refractivity (Wildman–Crippen MR) is 101 cm³/mol. The molecule has 6 heteroatoms. The number of hydrogen-bond acceptors (Lipinski definition) is 5. The molecule has 0 saturated carbocycles. The monoisotopic (exact) mass is 358 g/mol. The lowest BCUT2D eigenvalue weighted by Gasteiger charge is -2.10. The normalized spacial score (nSPS) is 10.3. The number of amides is 1. The molecule has 26 heavy (non-hydrogen) atoms. The lowest BCUT2D eigenvalue weighted by Crippen LogP contribution is -2.34. The maximum Gasteiger partial charge on any atom is 0.233 e. The Morgan fingerprint density at radius 1 is 0.885 bits per heavy atom. The summed E-state index contributed by atoms with van der Waals surface area (Å²) < 4.78 is 15.6. The van der Waals surface area contributed by atoms with E-state index in [0.29, 0.717) is 24.6 Å². The van der Waals surface area contributed by atoms with E-state index >= 15 is 0 Å². The SMILES string of the molecule is COc1ccc(CCNC(=O)CNCc2ccc(OC)c(OC)c2)cc1. The molecule has 1 amide bonds. The van der Waals surface area contributed by atoms with E-state index < -0.39 is 0 Å². The van der Waals surface area contributed by atoms with Crippen LogP contribution < -0.4 is 24.8 Å². The van der Waals surface area contributed by atoms with E-state index in [0.717, 1.165) is 23.3 Å². The summed E-state index contributed by atoms with van der Waals surface area (Å²) in [5.74, 6) is 2.17. The average molecular weight is 358 g/mol. The molecule has 2 N–H and O–H groups in total. The number of methoxy groups -OCH3 is 3. The van der Waals surface area contributed by atoms with Crippen molar-refractivity contribution in [2.45, 2.75) is 13.0 Å². The number of nitrogens with one attached hydrogen (secondary N) is 2. The molecule has 0 aliphatic carbocycles. The standard InChI is InChI=1S/C20H26N2O4/c1-24-17-7-4-15(5-8-17)10-11-22-20(23)14-21-13-16-6-9-18(25-2)19(12-16)26-3/h4-9,12,21H,10-11,13-14H2,1-3H3,(H,22,23). The van der Waals surface area contributed by atoms with E-state index in [-0.39, 0.29) is 12.5 Å². The average Bonchev–Trinajstić information content (AvgIpc) is 2.68. The summed E-state index contributed by atoms with van der Waals surface area (Å²) in [5.41, 5.74) is 2.18. The van der Waals surface area contributed by atoms with Crippen molar-refractivity contribution in [3.8, 4) is 17.2 Å². The topological polar surface area (TPSA) is 68.8 Å². The number of ether oxygens (including phenoxy) is 3. The fraction of sp³-hybridized carbons (Fsp3) is 0.350. The van der Waals surface area contributed by atoms with Gasteiger partial charge in [0.2, 0.25) is 5.91 Å². The zero-order chi connectivity index (χ0) is 18.8. The number of carbonyl (C=O) groups is 1. The summed E-state index contributed by atoms with van der Waals surface area (Å²) in [5, 5.41) is 6.04. The Balaban J connectivity index is 1.68. The van der Waals surface area contributed by atoms with Gasteiger partial charge in [-0.25, -0.2) is 0 Å². The first-order valence-corrected chi connectivity index (χ1v) is 8.47. The summed E-state index contributed by atoms with van der Waals surface area (Å²) >= 11 is 0. The van der Waals surface area contributed by atoms with Gasteiger partial charge in [-0.3, -0.25) is 4.79 Å². The van der Waals surface area contributed by atoms with Crippen LogP contribution in [-0.4, -0.2) is 40.3 Å². The van der Waals surface area contributed by atoms with E-state index in [1.807, 2.05) is 42.5 Å². The zero-order valence-corrected chi connectivity index (χ0v) is 15.5. The van der Waals surface area contributed by atoms with Gasteiger partial charge in [-0.1, -0.05) is 18.2 Å². The van der Waals surface area contributed by atoms with E-state index in [4.69, 9.17) is 14.2 Å². The molecule has 0 atom stereocenters. The summed E-state index contributed by atoms with van der Waals surface area (Å²) in [6.07, 6.45) is 0.783. The highest BCUT2D eigenvalue weighted by atomic mass is 16.5. The van der Waals surface area contributed by atoms with E-state index in [9.17, 15) is 4.79 Å². The maximum absolute atomic E-state index is 11.9. The van der Waals surface area contributed by atoms with E-state index in [1.54, 1.807) is 21.3 Å². The Bertz CT molecular complexity index is 701. The van der Waals surface area contributed by atoms with Gasteiger partial charge in [-0.05, 0) is 41.8 Å². The maximum atomic E-state index is 11.9. The van der Waals surface area contributed by atoms with Crippen molar-refractivity contribution >= 4 is 5.91 Å². The predicted octanol–water partition coefficient (Wildman–Crippen LogP) is 2.16. The molecular weight excluding hydrogens is 332 g/mol. The molecule has 0 spiro atoms. The minimum absolute atomic E-state index is 0.0287. The summed E-state index contributed by atoms with van der Waals surface area (Å²) in [6, 6.07) is 13.5. The zero-order valence-electron chi connectivity index (χ0n) is 15.5. The van der Waals surface area contributed by atoms with E-state index in [1.165, 1.54) is 0 Å². The van der Waals surface area contributed by atoms with Crippen molar-refractivity contribution in [2.24, 2.45) is 0 Å². The van der Waals surface area contributed by atoms with Crippen molar-refractivity contribution in [1.82, 2.24) is 10.6 Å². The Morgan fingerprint density at radius 2 is 1.58 bits per heavy atom. The molecule has 2 rings (SSSR count). The van der Waals surface area contributed by atoms with Crippen LogP contribution in [0.15, 0.2) is 42.5 Å². The van der Waals surface area contributed by atoms with Crippen molar-refractivity contribution in [3.05, 3.63) is 53.6 Å². The van der Waals surface area contributed by atoms with Gasteiger partial charge >= 0.3 is 0 Å². The molecule has 140 valence electrons. The largest absolute Gasteiger partial charge is 0.497 e. The lowest BCUT2D eigenvalue weighted by atomic mass is 10.1. The molecule has 0 aromatic heterocycles. The quantitative estimate of drug-likeness (QED) is 0.681. The van der Waals surface area contributed by atoms with Gasteiger partial charge in [0, 0.05) is 13.1 Å². The fourth-order valence-electron chi connectivity index (χ4n) is 2.51. The van der Waals surface area contributed by atoms with Crippen LogP contribution in [0, 0.1) is 0 Å². The first-order valence-electron chi connectivity index (χ1n) is 8.47. The number of carbonyl (C=O) groups excluding carboxylic acids is 1. The summed E-state index contributed by atoms with van der Waals surface area (Å²) in [6.45, 7) is 1.44. The molecule has 0 bridgehead atoms.